The lowest BCUT2D eigenvalue weighted by atomic mass is 10.1. The van der Waals surface area contributed by atoms with Gasteiger partial charge in [-0.05, 0) is 18.8 Å². The van der Waals surface area contributed by atoms with Crippen LogP contribution in [0.4, 0.5) is 4.79 Å². The molecule has 3 atom stereocenters. The minimum Gasteiger partial charge on any atom is -0.480 e. The van der Waals surface area contributed by atoms with Crippen LogP contribution in [0.25, 0.3) is 0 Å². The predicted octanol–water partition coefficient (Wildman–Crippen LogP) is 0.491. The van der Waals surface area contributed by atoms with Gasteiger partial charge in [0.05, 0.1) is 7.11 Å². The summed E-state index contributed by atoms with van der Waals surface area (Å²) in [5, 5.41) is 14.0. The van der Waals surface area contributed by atoms with Crippen LogP contribution in [-0.2, 0) is 14.3 Å². The molecule has 0 saturated heterocycles. The van der Waals surface area contributed by atoms with Crippen molar-refractivity contribution in [2.24, 2.45) is 5.92 Å². The van der Waals surface area contributed by atoms with Gasteiger partial charge >= 0.3 is 18.0 Å². The van der Waals surface area contributed by atoms with Gasteiger partial charge in [0.1, 0.15) is 6.04 Å². The van der Waals surface area contributed by atoms with E-state index < -0.39 is 24.0 Å². The van der Waals surface area contributed by atoms with E-state index in [9.17, 15) is 14.4 Å². The zero-order chi connectivity index (χ0) is 14.4. The minimum atomic E-state index is -1.16. The summed E-state index contributed by atoms with van der Waals surface area (Å²) in [6.45, 7) is 2.04. The van der Waals surface area contributed by atoms with E-state index in [2.05, 4.69) is 15.4 Å². The van der Waals surface area contributed by atoms with E-state index >= 15 is 0 Å². The molecule has 0 heterocycles. The Morgan fingerprint density at radius 1 is 1.42 bits per heavy atom. The number of hydrogen-bond acceptors (Lipinski definition) is 4. The Labute approximate surface area is 111 Å². The number of rotatable bonds is 7. The highest BCUT2D eigenvalue weighted by Gasteiger charge is 2.37. The van der Waals surface area contributed by atoms with Gasteiger partial charge in [-0.3, -0.25) is 4.79 Å². The van der Waals surface area contributed by atoms with Crippen LogP contribution in [0.2, 0.25) is 0 Å². The molecule has 0 spiro atoms. The van der Waals surface area contributed by atoms with Gasteiger partial charge < -0.3 is 20.5 Å². The maximum atomic E-state index is 11.6. The molecular weight excluding hydrogens is 252 g/mol. The molecule has 0 aliphatic heterocycles. The van der Waals surface area contributed by atoms with Crippen LogP contribution in [0.5, 0.6) is 0 Å². The Morgan fingerprint density at radius 3 is 2.58 bits per heavy atom. The molecule has 19 heavy (non-hydrogen) atoms. The van der Waals surface area contributed by atoms with Gasteiger partial charge in [0.25, 0.3) is 0 Å². The molecule has 0 aromatic carbocycles. The number of carbonyl (C=O) groups is 3. The third kappa shape index (κ3) is 5.15. The number of hydrogen-bond donors (Lipinski definition) is 3. The third-order valence-electron chi connectivity index (χ3n) is 3.23. The van der Waals surface area contributed by atoms with Crippen molar-refractivity contribution in [3.8, 4) is 0 Å². The van der Waals surface area contributed by atoms with Gasteiger partial charge in [0.2, 0.25) is 0 Å². The number of carboxylic acid groups (broad SMARTS) is 1. The molecule has 0 aromatic heterocycles. The van der Waals surface area contributed by atoms with Gasteiger partial charge in [-0.25, -0.2) is 9.59 Å². The summed E-state index contributed by atoms with van der Waals surface area (Å²) in [6.07, 6.45) is 1.89. The number of carboxylic acids is 1. The number of aliphatic carboxylic acids is 1. The van der Waals surface area contributed by atoms with Crippen molar-refractivity contribution >= 4 is 18.0 Å². The lowest BCUT2D eigenvalue weighted by molar-refractivity contribution is -0.142. The van der Waals surface area contributed by atoms with Crippen LogP contribution in [0, 0.1) is 5.92 Å². The van der Waals surface area contributed by atoms with Gasteiger partial charge in [-0.1, -0.05) is 13.3 Å². The smallest absolute Gasteiger partial charge is 0.326 e. The average molecular weight is 272 g/mol. The maximum absolute atomic E-state index is 11.6. The lowest BCUT2D eigenvalue weighted by Gasteiger charge is -2.14. The summed E-state index contributed by atoms with van der Waals surface area (Å²) in [5.74, 6) is -1.17. The second-order valence-electron chi connectivity index (χ2n) is 4.63. The normalized spacial score (nSPS) is 22.2. The fourth-order valence-corrected chi connectivity index (χ4v) is 1.87. The molecule has 1 rings (SSSR count). The Morgan fingerprint density at radius 2 is 2.11 bits per heavy atom. The van der Waals surface area contributed by atoms with E-state index in [-0.39, 0.29) is 18.9 Å². The number of methoxy groups -OCH3 is 1. The summed E-state index contributed by atoms with van der Waals surface area (Å²) >= 11 is 0. The van der Waals surface area contributed by atoms with Crippen molar-refractivity contribution in [3.05, 3.63) is 0 Å². The number of urea groups is 1. The molecule has 7 heteroatoms. The van der Waals surface area contributed by atoms with Crippen molar-refractivity contribution in [1.82, 2.24) is 10.6 Å². The first-order valence-electron chi connectivity index (χ1n) is 6.34. The van der Waals surface area contributed by atoms with Crippen LogP contribution in [0.1, 0.15) is 32.6 Å². The summed E-state index contributed by atoms with van der Waals surface area (Å²) in [5.41, 5.74) is 0. The van der Waals surface area contributed by atoms with E-state index in [4.69, 9.17) is 5.11 Å². The zero-order valence-corrected chi connectivity index (χ0v) is 11.1. The van der Waals surface area contributed by atoms with Crippen LogP contribution in [0.3, 0.4) is 0 Å². The lowest BCUT2D eigenvalue weighted by Crippen LogP contribution is -2.47. The quantitative estimate of drug-likeness (QED) is 0.585. The Balaban J connectivity index is 2.34. The third-order valence-corrected chi connectivity index (χ3v) is 3.23. The molecule has 1 aliphatic rings. The van der Waals surface area contributed by atoms with Crippen molar-refractivity contribution in [2.45, 2.75) is 44.7 Å². The van der Waals surface area contributed by atoms with Crippen LogP contribution < -0.4 is 10.6 Å². The number of carbonyl (C=O) groups excluding carboxylic acids is 2. The van der Waals surface area contributed by atoms with E-state index in [1.165, 1.54) is 7.11 Å². The highest BCUT2D eigenvalue weighted by atomic mass is 16.5. The number of esters is 1. The van der Waals surface area contributed by atoms with Gasteiger partial charge in [0, 0.05) is 12.5 Å². The van der Waals surface area contributed by atoms with Crippen LogP contribution >= 0.6 is 0 Å². The summed E-state index contributed by atoms with van der Waals surface area (Å²) in [6, 6.07) is -1.45. The first-order valence-corrected chi connectivity index (χ1v) is 6.34. The molecule has 2 amide bonds. The largest absolute Gasteiger partial charge is 0.480 e. The molecule has 1 aliphatic carbocycles. The Kier molecular flexibility index (Phi) is 5.59. The molecule has 0 aromatic rings. The van der Waals surface area contributed by atoms with Crippen LogP contribution in [0.15, 0.2) is 0 Å². The number of nitrogens with one attached hydrogen (secondary N) is 2. The van der Waals surface area contributed by atoms with E-state index in [0.29, 0.717) is 5.92 Å². The SMILES string of the molecule is CCC1CC1NC(=O)N[C@@H](CCC(=O)OC)C(=O)O. The molecular formula is C12H20N2O5. The second kappa shape index (κ2) is 6.96. The van der Waals surface area contributed by atoms with Crippen molar-refractivity contribution in [3.63, 3.8) is 0 Å². The highest BCUT2D eigenvalue weighted by molar-refractivity contribution is 5.83. The van der Waals surface area contributed by atoms with Crippen LogP contribution in [-0.4, -0.2) is 42.3 Å². The molecule has 108 valence electrons. The molecule has 3 N–H and O–H groups in total. The Hall–Kier alpha value is -1.79. The fraction of sp³-hybridized carbons (Fsp3) is 0.750. The molecule has 2 unspecified atom stereocenters. The van der Waals surface area contributed by atoms with Gasteiger partial charge in [-0.15, -0.1) is 0 Å². The summed E-state index contributed by atoms with van der Waals surface area (Å²) in [7, 11) is 1.23. The second-order valence-corrected chi connectivity index (χ2v) is 4.63. The van der Waals surface area contributed by atoms with E-state index in [1.54, 1.807) is 0 Å². The molecule has 1 fully saturated rings. The van der Waals surface area contributed by atoms with E-state index in [0.717, 1.165) is 12.8 Å². The highest BCUT2D eigenvalue weighted by Crippen LogP contribution is 2.32. The van der Waals surface area contributed by atoms with Crippen molar-refractivity contribution < 1.29 is 24.2 Å². The monoisotopic (exact) mass is 272 g/mol. The Bertz CT molecular complexity index is 358. The fourth-order valence-electron chi connectivity index (χ4n) is 1.87. The van der Waals surface area contributed by atoms with Gasteiger partial charge in [0.15, 0.2) is 0 Å². The summed E-state index contributed by atoms with van der Waals surface area (Å²) in [4.78, 5) is 33.5. The number of ether oxygens (including phenoxy) is 1. The zero-order valence-electron chi connectivity index (χ0n) is 11.1. The first kappa shape index (κ1) is 15.3. The standard InChI is InChI=1S/C12H20N2O5/c1-3-7-6-9(7)14-12(18)13-8(11(16)17)4-5-10(15)19-2/h7-9H,3-6H2,1-2H3,(H,16,17)(H2,13,14,18)/t7?,8-,9?/m0/s1. The molecule has 0 bridgehead atoms. The maximum Gasteiger partial charge on any atom is 0.326 e. The van der Waals surface area contributed by atoms with E-state index in [1.807, 2.05) is 6.92 Å². The number of amides is 2. The predicted molar refractivity (Wildman–Crippen MR) is 66.5 cm³/mol. The minimum absolute atomic E-state index is 0.0112. The first-order chi connectivity index (χ1) is 8.97. The van der Waals surface area contributed by atoms with Crippen molar-refractivity contribution in [2.75, 3.05) is 7.11 Å². The molecule has 7 nitrogen and oxygen atoms in total. The topological polar surface area (TPSA) is 105 Å². The summed E-state index contributed by atoms with van der Waals surface area (Å²) < 4.78 is 4.43. The molecule has 0 radical (unpaired) electrons. The average Bonchev–Trinajstić information content (AvgIpc) is 3.11. The van der Waals surface area contributed by atoms with Gasteiger partial charge in [-0.2, -0.15) is 0 Å². The van der Waals surface area contributed by atoms with Crippen molar-refractivity contribution in [1.29, 1.82) is 0 Å². The molecule has 1 saturated carbocycles.